The zero-order valence-corrected chi connectivity index (χ0v) is 12.4. The lowest BCUT2D eigenvalue weighted by Crippen LogP contribution is -2.65. The summed E-state index contributed by atoms with van der Waals surface area (Å²) in [6, 6.07) is -0.765. The van der Waals surface area contributed by atoms with Crippen LogP contribution < -0.4 is 5.32 Å². The fraction of sp³-hybridized carbons (Fsp3) is 0.786. The molecule has 1 aliphatic carbocycles. The average Bonchev–Trinajstić information content (AvgIpc) is 2.85. The number of amides is 4. The van der Waals surface area contributed by atoms with E-state index >= 15 is 0 Å². The highest BCUT2D eigenvalue weighted by molar-refractivity contribution is 6.19. The molecule has 2 fully saturated rings. The molecule has 1 saturated carbocycles. The van der Waals surface area contributed by atoms with Gasteiger partial charge in [-0.15, -0.1) is 0 Å². The molecule has 20 heavy (non-hydrogen) atoms. The first-order valence-corrected chi connectivity index (χ1v) is 7.22. The second-order valence-corrected chi connectivity index (χ2v) is 6.16. The summed E-state index contributed by atoms with van der Waals surface area (Å²) in [7, 11) is 3.90. The first kappa shape index (κ1) is 15.0. The van der Waals surface area contributed by atoms with Crippen molar-refractivity contribution in [1.82, 2.24) is 15.1 Å². The minimum atomic E-state index is -0.986. The number of hydrogen-bond acceptors (Lipinski definition) is 4. The topological polar surface area (TPSA) is 69.7 Å². The van der Waals surface area contributed by atoms with Crippen LogP contribution in [0.2, 0.25) is 0 Å². The van der Waals surface area contributed by atoms with Crippen LogP contribution in [-0.4, -0.2) is 54.3 Å². The SMILES string of the molecule is CC(CCN(C)C)N1C(=O)NC(=O)C2(CCCC2)C1=O. The summed E-state index contributed by atoms with van der Waals surface area (Å²) in [5.74, 6) is -0.698. The number of urea groups is 1. The van der Waals surface area contributed by atoms with Gasteiger partial charge in [0.25, 0.3) is 0 Å². The molecule has 2 rings (SSSR count). The van der Waals surface area contributed by atoms with Crippen LogP contribution in [-0.2, 0) is 9.59 Å². The zero-order chi connectivity index (χ0) is 14.9. The molecule has 0 radical (unpaired) electrons. The van der Waals surface area contributed by atoms with Gasteiger partial charge in [-0.1, -0.05) is 12.8 Å². The number of hydrogen-bond donors (Lipinski definition) is 1. The minimum Gasteiger partial charge on any atom is -0.309 e. The van der Waals surface area contributed by atoms with Crippen LogP contribution >= 0.6 is 0 Å². The number of imide groups is 2. The van der Waals surface area contributed by atoms with E-state index in [0.717, 1.165) is 19.4 Å². The van der Waals surface area contributed by atoms with Crippen LogP contribution in [0.3, 0.4) is 0 Å². The number of rotatable bonds is 4. The molecule has 112 valence electrons. The largest absolute Gasteiger partial charge is 0.331 e. The first-order chi connectivity index (χ1) is 9.38. The van der Waals surface area contributed by atoms with E-state index in [1.807, 2.05) is 25.9 Å². The Balaban J connectivity index is 2.17. The summed E-state index contributed by atoms with van der Waals surface area (Å²) in [6.07, 6.45) is 3.56. The molecular weight excluding hydrogens is 258 g/mol. The van der Waals surface area contributed by atoms with E-state index in [-0.39, 0.29) is 11.9 Å². The van der Waals surface area contributed by atoms with Gasteiger partial charge in [-0.2, -0.15) is 0 Å². The summed E-state index contributed by atoms with van der Waals surface area (Å²) in [5.41, 5.74) is -0.986. The highest BCUT2D eigenvalue weighted by Gasteiger charge is 2.55. The standard InChI is InChI=1S/C14H23N3O3/c1-10(6-9-16(2)3)17-12(19)14(7-4-5-8-14)11(18)15-13(17)20/h10H,4-9H2,1-3H3,(H,15,18,20). The van der Waals surface area contributed by atoms with Crippen molar-refractivity contribution < 1.29 is 14.4 Å². The van der Waals surface area contributed by atoms with Crippen LogP contribution in [0, 0.1) is 5.41 Å². The van der Waals surface area contributed by atoms with E-state index in [0.29, 0.717) is 19.3 Å². The van der Waals surface area contributed by atoms with E-state index in [1.165, 1.54) is 4.90 Å². The van der Waals surface area contributed by atoms with Crippen LogP contribution in [0.1, 0.15) is 39.0 Å². The van der Waals surface area contributed by atoms with Crippen molar-refractivity contribution in [1.29, 1.82) is 0 Å². The summed E-state index contributed by atoms with van der Waals surface area (Å²) in [6.45, 7) is 2.65. The van der Waals surface area contributed by atoms with Gasteiger partial charge < -0.3 is 4.90 Å². The Hall–Kier alpha value is -1.43. The van der Waals surface area contributed by atoms with Crippen LogP contribution in [0.25, 0.3) is 0 Å². The zero-order valence-electron chi connectivity index (χ0n) is 12.4. The van der Waals surface area contributed by atoms with Crippen molar-refractivity contribution in [2.24, 2.45) is 5.41 Å². The normalized spacial score (nSPS) is 23.6. The van der Waals surface area contributed by atoms with Crippen LogP contribution in [0.4, 0.5) is 4.79 Å². The molecule has 6 nitrogen and oxygen atoms in total. The second kappa shape index (κ2) is 5.52. The maximum absolute atomic E-state index is 12.7. The van der Waals surface area contributed by atoms with Crippen molar-refractivity contribution in [2.45, 2.75) is 45.1 Å². The molecule has 1 saturated heterocycles. The molecule has 0 aromatic rings. The highest BCUT2D eigenvalue weighted by atomic mass is 16.2. The molecule has 1 N–H and O–H groups in total. The molecule has 1 spiro atoms. The Morgan fingerprint density at radius 3 is 2.40 bits per heavy atom. The van der Waals surface area contributed by atoms with E-state index in [1.54, 1.807) is 0 Å². The van der Waals surface area contributed by atoms with E-state index in [9.17, 15) is 14.4 Å². The predicted molar refractivity (Wildman–Crippen MR) is 73.9 cm³/mol. The van der Waals surface area contributed by atoms with Gasteiger partial charge in [0, 0.05) is 6.04 Å². The molecule has 1 aliphatic heterocycles. The Bertz CT molecular complexity index is 427. The van der Waals surface area contributed by atoms with Gasteiger partial charge in [0.05, 0.1) is 0 Å². The molecule has 1 unspecified atom stereocenters. The molecule has 4 amide bonds. The maximum atomic E-state index is 12.7. The van der Waals surface area contributed by atoms with E-state index < -0.39 is 17.4 Å². The lowest BCUT2D eigenvalue weighted by Gasteiger charge is -2.39. The number of nitrogens with zero attached hydrogens (tertiary/aromatic N) is 2. The Morgan fingerprint density at radius 1 is 1.25 bits per heavy atom. The molecule has 0 aromatic carbocycles. The minimum absolute atomic E-state index is 0.199. The molecule has 1 atom stereocenters. The molecular formula is C14H23N3O3. The van der Waals surface area contributed by atoms with Crippen molar-refractivity contribution in [2.75, 3.05) is 20.6 Å². The van der Waals surface area contributed by atoms with Crippen molar-refractivity contribution >= 4 is 17.8 Å². The summed E-state index contributed by atoms with van der Waals surface area (Å²) in [4.78, 5) is 40.0. The number of barbiturate groups is 1. The van der Waals surface area contributed by atoms with Gasteiger partial charge in [-0.3, -0.25) is 19.8 Å². The smallest absolute Gasteiger partial charge is 0.309 e. The van der Waals surface area contributed by atoms with Gasteiger partial charge >= 0.3 is 6.03 Å². The molecule has 6 heteroatoms. The fourth-order valence-corrected chi connectivity index (χ4v) is 3.09. The summed E-state index contributed by atoms with van der Waals surface area (Å²) in [5, 5.41) is 2.37. The van der Waals surface area contributed by atoms with Crippen molar-refractivity contribution in [3.8, 4) is 0 Å². The average molecular weight is 281 g/mol. The third kappa shape index (κ3) is 2.44. The van der Waals surface area contributed by atoms with Crippen LogP contribution in [0.5, 0.6) is 0 Å². The Morgan fingerprint density at radius 2 is 1.85 bits per heavy atom. The van der Waals surface area contributed by atoms with Gasteiger partial charge in [0.1, 0.15) is 5.41 Å². The summed E-state index contributed by atoms with van der Waals surface area (Å²) < 4.78 is 0. The third-order valence-corrected chi connectivity index (χ3v) is 4.39. The summed E-state index contributed by atoms with van der Waals surface area (Å²) >= 11 is 0. The van der Waals surface area contributed by atoms with E-state index in [2.05, 4.69) is 5.32 Å². The monoisotopic (exact) mass is 281 g/mol. The fourth-order valence-electron chi connectivity index (χ4n) is 3.09. The van der Waals surface area contributed by atoms with Gasteiger partial charge in [0.15, 0.2) is 0 Å². The van der Waals surface area contributed by atoms with Crippen molar-refractivity contribution in [3.05, 3.63) is 0 Å². The third-order valence-electron chi connectivity index (χ3n) is 4.39. The number of nitrogens with one attached hydrogen (secondary N) is 1. The quantitative estimate of drug-likeness (QED) is 0.779. The number of carbonyl (C=O) groups is 3. The Labute approximate surface area is 119 Å². The highest BCUT2D eigenvalue weighted by Crippen LogP contribution is 2.42. The Kier molecular flexibility index (Phi) is 4.13. The van der Waals surface area contributed by atoms with Gasteiger partial charge in [0.2, 0.25) is 11.8 Å². The first-order valence-electron chi connectivity index (χ1n) is 7.22. The number of carbonyl (C=O) groups excluding carboxylic acids is 3. The lowest BCUT2D eigenvalue weighted by molar-refractivity contribution is -0.152. The molecule has 2 aliphatic rings. The second-order valence-electron chi connectivity index (χ2n) is 6.16. The lowest BCUT2D eigenvalue weighted by atomic mass is 9.81. The molecule has 0 aromatic heterocycles. The van der Waals surface area contributed by atoms with Crippen molar-refractivity contribution in [3.63, 3.8) is 0 Å². The maximum Gasteiger partial charge on any atom is 0.331 e. The molecule has 0 bridgehead atoms. The predicted octanol–water partition coefficient (Wildman–Crippen LogP) is 0.965. The van der Waals surface area contributed by atoms with Gasteiger partial charge in [-0.05, 0) is 46.8 Å². The molecule has 1 heterocycles. The van der Waals surface area contributed by atoms with Gasteiger partial charge in [-0.25, -0.2) is 4.79 Å². The van der Waals surface area contributed by atoms with E-state index in [4.69, 9.17) is 0 Å². The van der Waals surface area contributed by atoms with Crippen LogP contribution in [0.15, 0.2) is 0 Å².